The van der Waals surface area contributed by atoms with Crippen molar-refractivity contribution in [2.45, 2.75) is 51.4 Å². The minimum Gasteiger partial charge on any atom is -0.413 e. The van der Waals surface area contributed by atoms with Gasteiger partial charge in [-0.2, -0.15) is 5.10 Å². The van der Waals surface area contributed by atoms with Crippen LogP contribution in [0.3, 0.4) is 0 Å². The zero-order valence-electron chi connectivity index (χ0n) is 25.0. The molecule has 1 N–H and O–H groups in total. The van der Waals surface area contributed by atoms with E-state index >= 15 is 0 Å². The summed E-state index contributed by atoms with van der Waals surface area (Å²) in [6, 6.07) is 21.8. The number of hydrogen-bond acceptors (Lipinski definition) is 7. The lowest BCUT2D eigenvalue weighted by Crippen LogP contribution is -2.46. The van der Waals surface area contributed by atoms with Crippen molar-refractivity contribution in [3.63, 3.8) is 0 Å². The first-order chi connectivity index (χ1) is 19.5. The van der Waals surface area contributed by atoms with Gasteiger partial charge in [0, 0.05) is 30.9 Å². The van der Waals surface area contributed by atoms with Gasteiger partial charge in [0.05, 0.1) is 25.5 Å². The number of aromatic nitrogens is 4. The van der Waals surface area contributed by atoms with Crippen LogP contribution in [0, 0.1) is 6.92 Å². The molecule has 2 aromatic heterocycles. The highest BCUT2D eigenvalue weighted by Crippen LogP contribution is 2.39. The second kappa shape index (κ2) is 11.5. The number of aliphatic hydroxyl groups is 1. The molecule has 9 heteroatoms. The lowest BCUT2D eigenvalue weighted by molar-refractivity contribution is 0.0147. The third kappa shape index (κ3) is 6.28. The lowest BCUT2D eigenvalue weighted by Gasteiger charge is -2.39. The topological polar surface area (TPSA) is 85.5 Å². The van der Waals surface area contributed by atoms with Crippen LogP contribution in [0.4, 0.5) is 5.82 Å². The van der Waals surface area contributed by atoms with Crippen molar-refractivity contribution in [2.24, 2.45) is 0 Å². The lowest BCUT2D eigenvalue weighted by atomic mass is 9.93. The van der Waals surface area contributed by atoms with Crippen LogP contribution >= 0.6 is 0 Å². The molecule has 0 aliphatic carbocycles. The van der Waals surface area contributed by atoms with Gasteiger partial charge in [-0.05, 0) is 42.8 Å². The van der Waals surface area contributed by atoms with Gasteiger partial charge >= 0.3 is 0 Å². The molecule has 41 heavy (non-hydrogen) atoms. The van der Waals surface area contributed by atoms with Crippen LogP contribution in [0.5, 0.6) is 0 Å². The molecular formula is C32H41N5O3Si. The summed E-state index contributed by atoms with van der Waals surface area (Å²) < 4.78 is 14.0. The predicted octanol–water partition coefficient (Wildman–Crippen LogP) is 5.73. The molecule has 0 radical (unpaired) electrons. The molecule has 1 fully saturated rings. The van der Waals surface area contributed by atoms with Crippen LogP contribution in [-0.2, 0) is 14.8 Å². The number of aryl methyl sites for hydroxylation is 1. The molecule has 2 aromatic carbocycles. The van der Waals surface area contributed by atoms with Crippen molar-refractivity contribution in [2.75, 3.05) is 37.8 Å². The Morgan fingerprint density at radius 1 is 0.927 bits per heavy atom. The number of hydrogen-bond donors (Lipinski definition) is 1. The molecule has 8 nitrogen and oxygen atoms in total. The first-order valence-electron chi connectivity index (χ1n) is 14.2. The van der Waals surface area contributed by atoms with E-state index < -0.39 is 13.9 Å². The first-order valence-corrected chi connectivity index (χ1v) is 17.1. The minimum absolute atomic E-state index is 0.0203. The monoisotopic (exact) mass is 571 g/mol. The molecule has 0 amide bonds. The molecule has 0 saturated carbocycles. The van der Waals surface area contributed by atoms with E-state index in [1.54, 1.807) is 4.68 Å². The first kappa shape index (κ1) is 29.1. The fourth-order valence-electron chi connectivity index (χ4n) is 4.58. The molecule has 4 aromatic rings. The average Bonchev–Trinajstić information content (AvgIpc) is 3.47. The van der Waals surface area contributed by atoms with Gasteiger partial charge in [0.15, 0.2) is 25.6 Å². The van der Waals surface area contributed by atoms with Crippen LogP contribution in [-0.4, -0.2) is 66.1 Å². The molecule has 0 bridgehead atoms. The van der Waals surface area contributed by atoms with Crippen LogP contribution in [0.15, 0.2) is 72.9 Å². The third-order valence-electron chi connectivity index (χ3n) is 8.24. The van der Waals surface area contributed by atoms with Gasteiger partial charge in [-0.25, -0.2) is 14.6 Å². The van der Waals surface area contributed by atoms with Crippen LogP contribution < -0.4 is 4.90 Å². The minimum atomic E-state index is -2.20. The van der Waals surface area contributed by atoms with E-state index in [1.807, 2.05) is 54.7 Å². The van der Waals surface area contributed by atoms with E-state index in [-0.39, 0.29) is 17.5 Å². The zero-order valence-corrected chi connectivity index (χ0v) is 26.0. The van der Waals surface area contributed by atoms with E-state index in [9.17, 15) is 5.11 Å². The van der Waals surface area contributed by atoms with Crippen LogP contribution in [0.2, 0.25) is 18.1 Å². The predicted molar refractivity (Wildman–Crippen MR) is 165 cm³/mol. The quantitative estimate of drug-likeness (QED) is 0.270. The van der Waals surface area contributed by atoms with E-state index in [0.29, 0.717) is 37.7 Å². The molecule has 1 unspecified atom stereocenters. The Hall–Kier alpha value is -3.37. The SMILES string of the molecule is Cc1cccc(-c2ccn(-c3cc(N4CCOCC4)nc(C(O)(CO[Si](C)(C)C(C)(C)C)c4ccccc4)n3)n2)c1. The van der Waals surface area contributed by atoms with Gasteiger partial charge in [-0.1, -0.05) is 74.9 Å². The van der Waals surface area contributed by atoms with Crippen LogP contribution in [0.1, 0.15) is 37.7 Å². The second-order valence-corrected chi connectivity index (χ2v) is 17.1. The van der Waals surface area contributed by atoms with Crippen molar-refractivity contribution in [3.8, 4) is 17.1 Å². The largest absolute Gasteiger partial charge is 0.413 e. The fourth-order valence-corrected chi connectivity index (χ4v) is 5.58. The van der Waals surface area contributed by atoms with Gasteiger partial charge in [0.1, 0.15) is 5.82 Å². The summed E-state index contributed by atoms with van der Waals surface area (Å²) in [5.41, 5.74) is 2.17. The number of benzene rings is 2. The summed E-state index contributed by atoms with van der Waals surface area (Å²) in [6.07, 6.45) is 1.90. The summed E-state index contributed by atoms with van der Waals surface area (Å²) in [4.78, 5) is 12.1. The van der Waals surface area contributed by atoms with E-state index in [4.69, 9.17) is 24.2 Å². The number of anilines is 1. The molecule has 5 rings (SSSR count). The molecule has 1 saturated heterocycles. The Bertz CT molecular complexity index is 1480. The van der Waals surface area contributed by atoms with Crippen molar-refractivity contribution in [3.05, 3.63) is 89.9 Å². The van der Waals surface area contributed by atoms with Gasteiger partial charge in [-0.3, -0.25) is 0 Å². The molecule has 1 atom stereocenters. The van der Waals surface area contributed by atoms with E-state index in [2.05, 4.69) is 63.9 Å². The maximum atomic E-state index is 12.5. The standard InChI is InChI=1S/C32H41N5O3Si/c1-24-11-10-12-25(21-24)27-15-16-37(35-27)29-22-28(36-17-19-39-20-18-36)33-30(34-29)32(38,26-13-8-7-9-14-26)23-40-41(5,6)31(2,3)4/h7-16,21-22,38H,17-20,23H2,1-6H3. The van der Waals surface area contributed by atoms with Crippen molar-refractivity contribution < 1.29 is 14.3 Å². The molecule has 1 aliphatic heterocycles. The summed E-state index contributed by atoms with van der Waals surface area (Å²) in [5.74, 6) is 1.59. The van der Waals surface area contributed by atoms with E-state index in [0.717, 1.165) is 17.1 Å². The highest BCUT2D eigenvalue weighted by Gasteiger charge is 2.43. The average molecular weight is 572 g/mol. The maximum absolute atomic E-state index is 12.5. The number of morpholine rings is 1. The number of rotatable bonds is 8. The molecular weight excluding hydrogens is 530 g/mol. The highest BCUT2D eigenvalue weighted by atomic mass is 28.4. The number of ether oxygens (including phenoxy) is 1. The summed E-state index contributed by atoms with van der Waals surface area (Å²) in [6.45, 7) is 15.7. The Balaban J connectivity index is 1.62. The van der Waals surface area contributed by atoms with Gasteiger partial charge in [0.25, 0.3) is 0 Å². The van der Waals surface area contributed by atoms with Gasteiger partial charge in [-0.15, -0.1) is 0 Å². The Kier molecular flexibility index (Phi) is 8.16. The normalized spacial score (nSPS) is 16.0. The third-order valence-corrected chi connectivity index (χ3v) is 12.7. The summed E-state index contributed by atoms with van der Waals surface area (Å²) in [7, 11) is -2.20. The Morgan fingerprint density at radius 2 is 1.63 bits per heavy atom. The zero-order chi connectivity index (χ0) is 29.3. The van der Waals surface area contributed by atoms with Gasteiger partial charge < -0.3 is 19.2 Å². The summed E-state index contributed by atoms with van der Waals surface area (Å²) >= 11 is 0. The second-order valence-electron chi connectivity index (χ2n) is 12.3. The van der Waals surface area contributed by atoms with Crippen molar-refractivity contribution >= 4 is 14.1 Å². The fraction of sp³-hybridized carbons (Fsp3) is 0.406. The summed E-state index contributed by atoms with van der Waals surface area (Å²) in [5, 5.41) is 17.3. The van der Waals surface area contributed by atoms with Crippen molar-refractivity contribution in [1.29, 1.82) is 0 Å². The van der Waals surface area contributed by atoms with E-state index in [1.165, 1.54) is 5.56 Å². The van der Waals surface area contributed by atoms with Crippen molar-refractivity contribution in [1.82, 2.24) is 19.7 Å². The number of nitrogens with zero attached hydrogens (tertiary/aromatic N) is 5. The smallest absolute Gasteiger partial charge is 0.192 e. The van der Waals surface area contributed by atoms with Crippen LogP contribution in [0.25, 0.3) is 17.1 Å². The highest BCUT2D eigenvalue weighted by molar-refractivity contribution is 6.74. The molecule has 1 aliphatic rings. The molecule has 0 spiro atoms. The maximum Gasteiger partial charge on any atom is 0.192 e. The Labute approximate surface area is 244 Å². The van der Waals surface area contributed by atoms with Gasteiger partial charge in [0.2, 0.25) is 0 Å². The Morgan fingerprint density at radius 3 is 2.32 bits per heavy atom. The molecule has 216 valence electrons. The molecule has 3 heterocycles.